The van der Waals surface area contributed by atoms with Crippen molar-refractivity contribution in [1.82, 2.24) is 14.9 Å². The minimum Gasteiger partial charge on any atom is -0.493 e. The summed E-state index contributed by atoms with van der Waals surface area (Å²) >= 11 is 0. The number of anilines is 1. The average molecular weight is 460 g/mol. The smallest absolute Gasteiger partial charge is 0.234 e. The van der Waals surface area contributed by atoms with Crippen molar-refractivity contribution in [2.24, 2.45) is 0 Å². The van der Waals surface area contributed by atoms with Crippen molar-refractivity contribution in [3.63, 3.8) is 0 Å². The summed E-state index contributed by atoms with van der Waals surface area (Å²) in [6.07, 6.45) is 4.78. The van der Waals surface area contributed by atoms with Gasteiger partial charge in [0.2, 0.25) is 5.82 Å². The number of methoxy groups -OCH3 is 1. The Bertz CT molecular complexity index is 1110. The Balaban J connectivity index is 1.55. The lowest BCUT2D eigenvalue weighted by atomic mass is 10.1. The molecule has 3 heterocycles. The first-order chi connectivity index (χ1) is 15.5. The zero-order valence-electron chi connectivity index (χ0n) is 18.3. The van der Waals surface area contributed by atoms with Crippen molar-refractivity contribution in [3.8, 4) is 17.6 Å². The molecular formula is C22H29N5O4S. The Morgan fingerprint density at radius 2 is 2.03 bits per heavy atom. The minimum absolute atomic E-state index is 0.0174. The Hall–Kier alpha value is -2.64. The van der Waals surface area contributed by atoms with Gasteiger partial charge in [0.05, 0.1) is 30.7 Å². The van der Waals surface area contributed by atoms with E-state index in [9.17, 15) is 13.7 Å². The molecule has 1 aromatic carbocycles. The molecule has 32 heavy (non-hydrogen) atoms. The summed E-state index contributed by atoms with van der Waals surface area (Å²) in [6, 6.07) is 5.27. The highest BCUT2D eigenvalue weighted by Gasteiger charge is 2.26. The molecule has 2 fully saturated rings. The fourth-order valence-corrected chi connectivity index (χ4v) is 6.01. The summed E-state index contributed by atoms with van der Waals surface area (Å²) in [5.41, 5.74) is 0.549. The number of rotatable bonds is 8. The summed E-state index contributed by atoms with van der Waals surface area (Å²) in [5.74, 6) is 1.83. The van der Waals surface area contributed by atoms with Crippen molar-refractivity contribution >= 4 is 26.6 Å². The first kappa shape index (κ1) is 22.6. The number of nitrogens with zero attached hydrogens (tertiary/aromatic N) is 4. The van der Waals surface area contributed by atoms with Crippen LogP contribution in [0.1, 0.15) is 37.9 Å². The lowest BCUT2D eigenvalue weighted by molar-refractivity contribution is 0.254. The van der Waals surface area contributed by atoms with Gasteiger partial charge in [-0.2, -0.15) is 5.26 Å². The number of nitriles is 1. The Morgan fingerprint density at radius 1 is 1.22 bits per heavy atom. The first-order valence-corrected chi connectivity index (χ1v) is 12.9. The van der Waals surface area contributed by atoms with Crippen LogP contribution < -0.4 is 14.8 Å². The van der Waals surface area contributed by atoms with Crippen LogP contribution in [0.25, 0.3) is 10.9 Å². The molecule has 2 saturated heterocycles. The fourth-order valence-electron chi connectivity index (χ4n) is 4.38. The molecule has 172 valence electrons. The van der Waals surface area contributed by atoms with E-state index in [0.717, 1.165) is 32.5 Å². The average Bonchev–Trinajstić information content (AvgIpc) is 3.29. The quantitative estimate of drug-likeness (QED) is 0.594. The van der Waals surface area contributed by atoms with Gasteiger partial charge in [-0.05, 0) is 51.3 Å². The molecule has 1 unspecified atom stereocenters. The van der Waals surface area contributed by atoms with E-state index in [0.29, 0.717) is 41.2 Å². The number of nitrogens with one attached hydrogen (secondary N) is 1. The van der Waals surface area contributed by atoms with Gasteiger partial charge in [-0.3, -0.25) is 0 Å². The van der Waals surface area contributed by atoms with Crippen molar-refractivity contribution in [3.05, 3.63) is 18.0 Å². The Kier molecular flexibility index (Phi) is 6.96. The Labute approximate surface area is 188 Å². The monoisotopic (exact) mass is 459 g/mol. The van der Waals surface area contributed by atoms with Crippen LogP contribution in [0.5, 0.6) is 11.5 Å². The molecule has 2 aliphatic heterocycles. The van der Waals surface area contributed by atoms with Gasteiger partial charge < -0.3 is 19.7 Å². The third-order valence-electron chi connectivity index (χ3n) is 5.96. The van der Waals surface area contributed by atoms with Gasteiger partial charge in [-0.15, -0.1) is 0 Å². The molecule has 0 spiro atoms. The molecule has 0 bridgehead atoms. The third kappa shape index (κ3) is 5.40. The van der Waals surface area contributed by atoms with Gasteiger partial charge in [0, 0.05) is 24.0 Å². The predicted octanol–water partition coefficient (Wildman–Crippen LogP) is 2.36. The standard InChI is InChI=1S/C22H29N5O4S/c1-30-19-12-17-18(13-20(19)31-10-5-9-27-7-2-3-8-27)25-21(14-23)26-22(17)24-16-6-4-11-32(28,29)15-16/h12-13,16H,2-11,15H2,1H3,(H,24,25,26). The molecule has 2 aromatic rings. The number of benzene rings is 1. The van der Waals surface area contributed by atoms with Crippen LogP contribution in [-0.2, 0) is 9.84 Å². The summed E-state index contributed by atoms with van der Waals surface area (Å²) in [5, 5.41) is 13.3. The lowest BCUT2D eigenvalue weighted by Gasteiger charge is -2.24. The van der Waals surface area contributed by atoms with Crippen LogP contribution in [0.4, 0.5) is 5.82 Å². The molecule has 4 rings (SSSR count). The maximum atomic E-state index is 12.0. The largest absolute Gasteiger partial charge is 0.493 e. The number of likely N-dealkylation sites (tertiary alicyclic amines) is 1. The van der Waals surface area contributed by atoms with Crippen LogP contribution in [0.3, 0.4) is 0 Å². The second kappa shape index (κ2) is 9.88. The normalized spacial score (nSPS) is 20.7. The van der Waals surface area contributed by atoms with E-state index in [1.165, 1.54) is 12.8 Å². The van der Waals surface area contributed by atoms with Gasteiger partial charge in [0.15, 0.2) is 21.3 Å². The van der Waals surface area contributed by atoms with E-state index >= 15 is 0 Å². The summed E-state index contributed by atoms with van der Waals surface area (Å²) in [6.45, 7) is 3.88. The number of hydrogen-bond donors (Lipinski definition) is 1. The van der Waals surface area contributed by atoms with Crippen molar-refractivity contribution in [2.75, 3.05) is 50.2 Å². The summed E-state index contributed by atoms with van der Waals surface area (Å²) < 4.78 is 35.6. The van der Waals surface area contributed by atoms with Crippen LogP contribution in [0.15, 0.2) is 12.1 Å². The van der Waals surface area contributed by atoms with Gasteiger partial charge in [-0.1, -0.05) is 0 Å². The Morgan fingerprint density at radius 3 is 2.75 bits per heavy atom. The highest BCUT2D eigenvalue weighted by molar-refractivity contribution is 7.91. The second-order valence-electron chi connectivity index (χ2n) is 8.38. The number of sulfone groups is 1. The molecule has 0 aliphatic carbocycles. The molecule has 1 aromatic heterocycles. The van der Waals surface area contributed by atoms with Gasteiger partial charge in [0.1, 0.15) is 11.9 Å². The number of fused-ring (bicyclic) bond motifs is 1. The topological polar surface area (TPSA) is 117 Å². The van der Waals surface area contributed by atoms with Crippen molar-refractivity contribution in [2.45, 2.75) is 38.1 Å². The molecule has 0 radical (unpaired) electrons. The first-order valence-electron chi connectivity index (χ1n) is 11.1. The van der Waals surface area contributed by atoms with Gasteiger partial charge >= 0.3 is 0 Å². The minimum atomic E-state index is -3.08. The fraction of sp³-hybridized carbons (Fsp3) is 0.591. The molecule has 0 amide bonds. The zero-order valence-corrected chi connectivity index (χ0v) is 19.2. The van der Waals surface area contributed by atoms with E-state index in [4.69, 9.17) is 9.47 Å². The molecule has 10 heteroatoms. The van der Waals surface area contributed by atoms with E-state index in [1.54, 1.807) is 19.2 Å². The van der Waals surface area contributed by atoms with Crippen LogP contribution in [-0.4, -0.2) is 74.2 Å². The molecule has 2 aliphatic rings. The molecule has 1 N–H and O–H groups in total. The van der Waals surface area contributed by atoms with E-state index in [-0.39, 0.29) is 23.4 Å². The SMILES string of the molecule is COc1cc2c(NC3CCCS(=O)(=O)C3)nc(C#N)nc2cc1OCCCN1CCCC1. The van der Waals surface area contributed by atoms with Gasteiger partial charge in [-0.25, -0.2) is 18.4 Å². The lowest BCUT2D eigenvalue weighted by Crippen LogP contribution is -2.35. The molecule has 9 nitrogen and oxygen atoms in total. The molecule has 0 saturated carbocycles. The van der Waals surface area contributed by atoms with Crippen LogP contribution in [0, 0.1) is 11.3 Å². The van der Waals surface area contributed by atoms with Crippen molar-refractivity contribution < 1.29 is 17.9 Å². The third-order valence-corrected chi connectivity index (χ3v) is 7.78. The second-order valence-corrected chi connectivity index (χ2v) is 10.6. The van der Waals surface area contributed by atoms with Crippen LogP contribution in [0.2, 0.25) is 0 Å². The van der Waals surface area contributed by atoms with Crippen LogP contribution >= 0.6 is 0 Å². The number of hydrogen-bond acceptors (Lipinski definition) is 9. The molecule has 1 atom stereocenters. The van der Waals surface area contributed by atoms with Gasteiger partial charge in [0.25, 0.3) is 0 Å². The highest BCUT2D eigenvalue weighted by atomic mass is 32.2. The zero-order chi connectivity index (χ0) is 22.6. The van der Waals surface area contributed by atoms with E-state index in [1.807, 2.05) is 6.07 Å². The number of ether oxygens (including phenoxy) is 2. The predicted molar refractivity (Wildman–Crippen MR) is 122 cm³/mol. The maximum absolute atomic E-state index is 12.0. The maximum Gasteiger partial charge on any atom is 0.234 e. The summed E-state index contributed by atoms with van der Waals surface area (Å²) in [7, 11) is -1.51. The van der Waals surface area contributed by atoms with E-state index in [2.05, 4.69) is 20.2 Å². The highest BCUT2D eigenvalue weighted by Crippen LogP contribution is 2.35. The number of aromatic nitrogens is 2. The summed E-state index contributed by atoms with van der Waals surface area (Å²) in [4.78, 5) is 11.1. The molecular weight excluding hydrogens is 430 g/mol. The van der Waals surface area contributed by atoms with Crippen molar-refractivity contribution in [1.29, 1.82) is 5.26 Å². The van der Waals surface area contributed by atoms with E-state index < -0.39 is 9.84 Å².